The Morgan fingerprint density at radius 1 is 1.00 bits per heavy atom. The van der Waals surface area contributed by atoms with E-state index in [2.05, 4.69) is 5.32 Å². The maximum Gasteiger partial charge on any atom is 0.408 e. The van der Waals surface area contributed by atoms with E-state index in [1.807, 2.05) is 0 Å². The van der Waals surface area contributed by atoms with Crippen molar-refractivity contribution in [2.45, 2.75) is 24.8 Å². The van der Waals surface area contributed by atoms with Gasteiger partial charge in [-0.25, -0.2) is 12.8 Å². The van der Waals surface area contributed by atoms with E-state index in [-0.39, 0.29) is 24.0 Å². The molecule has 0 radical (unpaired) electrons. The Morgan fingerprint density at radius 2 is 1.61 bits per heavy atom. The Labute approximate surface area is 178 Å². The molecular formula is C20H24F4N2O4S. The van der Waals surface area contributed by atoms with Gasteiger partial charge < -0.3 is 14.8 Å². The maximum atomic E-state index is 13.2. The molecule has 0 aliphatic carbocycles. The molecule has 0 aliphatic rings. The first-order chi connectivity index (χ1) is 14.5. The molecule has 2 aromatic rings. The monoisotopic (exact) mass is 464 g/mol. The normalized spacial score (nSPS) is 14.3. The average Bonchev–Trinajstić information content (AvgIpc) is 2.68. The second-order valence-electron chi connectivity index (χ2n) is 6.90. The predicted molar refractivity (Wildman–Crippen MR) is 108 cm³/mol. The summed E-state index contributed by atoms with van der Waals surface area (Å²) in [5.74, 6) is 0.118. The summed E-state index contributed by atoms with van der Waals surface area (Å²) in [4.78, 5) is 0. The highest BCUT2D eigenvalue weighted by Crippen LogP contribution is 2.33. The fourth-order valence-corrected chi connectivity index (χ4v) is 3.42. The van der Waals surface area contributed by atoms with Gasteiger partial charge in [-0.1, -0.05) is 24.3 Å². The van der Waals surface area contributed by atoms with Gasteiger partial charge in [0.25, 0.3) is 0 Å². The number of methoxy groups -OCH3 is 1. The number of hydrogen-bond acceptors (Lipinski definition) is 5. The lowest BCUT2D eigenvalue weighted by Crippen LogP contribution is -2.38. The molecule has 0 fully saturated rings. The van der Waals surface area contributed by atoms with Crippen LogP contribution in [-0.4, -0.2) is 47.2 Å². The van der Waals surface area contributed by atoms with Crippen molar-refractivity contribution in [1.29, 1.82) is 0 Å². The van der Waals surface area contributed by atoms with Crippen molar-refractivity contribution in [2.24, 2.45) is 0 Å². The van der Waals surface area contributed by atoms with Crippen LogP contribution in [0.3, 0.4) is 0 Å². The minimum absolute atomic E-state index is 0.213. The standard InChI is InChI=1S/C20H24F4N2O4S/c1-29-12-17(13-30-18-9-7-16(21)8-10-18)25-11-14-3-5-15(6-4-14)19(20(22,23)24)26-31(2,27)28/h3-10,17,19,25-26H,11-13H2,1-2H3/t17?,19-/m0/s1. The molecule has 0 saturated carbocycles. The number of benzene rings is 2. The number of sulfonamides is 1. The van der Waals surface area contributed by atoms with Crippen LogP contribution in [0.1, 0.15) is 17.2 Å². The Bertz CT molecular complexity index is 920. The first-order valence-corrected chi connectivity index (χ1v) is 11.1. The van der Waals surface area contributed by atoms with Gasteiger partial charge in [-0.2, -0.15) is 17.9 Å². The van der Waals surface area contributed by atoms with Gasteiger partial charge in [-0.15, -0.1) is 0 Å². The Morgan fingerprint density at radius 3 is 2.13 bits per heavy atom. The van der Waals surface area contributed by atoms with E-state index in [0.717, 1.165) is 0 Å². The fraction of sp³-hybridized carbons (Fsp3) is 0.400. The van der Waals surface area contributed by atoms with Gasteiger partial charge in [0.2, 0.25) is 10.0 Å². The maximum absolute atomic E-state index is 13.2. The summed E-state index contributed by atoms with van der Waals surface area (Å²) in [5, 5.41) is 3.18. The van der Waals surface area contributed by atoms with Crippen molar-refractivity contribution in [2.75, 3.05) is 26.6 Å². The van der Waals surface area contributed by atoms with Crippen LogP contribution in [0.2, 0.25) is 0 Å². The van der Waals surface area contributed by atoms with Crippen molar-refractivity contribution in [1.82, 2.24) is 10.0 Å². The zero-order valence-electron chi connectivity index (χ0n) is 16.9. The largest absolute Gasteiger partial charge is 0.492 e. The number of rotatable bonds is 11. The molecule has 2 atom stereocenters. The lowest BCUT2D eigenvalue weighted by atomic mass is 10.0. The summed E-state index contributed by atoms with van der Waals surface area (Å²) in [5.41, 5.74) is 0.474. The first kappa shape index (κ1) is 25.1. The summed E-state index contributed by atoms with van der Waals surface area (Å²) in [6.45, 7) is 0.858. The van der Waals surface area contributed by atoms with Crippen LogP contribution < -0.4 is 14.8 Å². The third kappa shape index (κ3) is 8.82. The smallest absolute Gasteiger partial charge is 0.408 e. The second-order valence-corrected chi connectivity index (χ2v) is 8.68. The number of ether oxygens (including phenoxy) is 2. The lowest BCUT2D eigenvalue weighted by molar-refractivity contribution is -0.153. The molecule has 0 aliphatic heterocycles. The van der Waals surface area contributed by atoms with E-state index in [1.165, 1.54) is 55.6 Å². The van der Waals surface area contributed by atoms with Crippen molar-refractivity contribution in [3.8, 4) is 5.75 Å². The molecule has 2 rings (SSSR count). The quantitative estimate of drug-likeness (QED) is 0.500. The first-order valence-electron chi connectivity index (χ1n) is 9.21. The molecule has 6 nitrogen and oxygen atoms in total. The highest BCUT2D eigenvalue weighted by Gasteiger charge is 2.42. The van der Waals surface area contributed by atoms with Crippen LogP contribution in [0.5, 0.6) is 5.75 Å². The van der Waals surface area contributed by atoms with Crippen LogP contribution in [-0.2, 0) is 21.3 Å². The minimum atomic E-state index is -4.77. The summed E-state index contributed by atoms with van der Waals surface area (Å²) in [7, 11) is -2.53. The zero-order valence-corrected chi connectivity index (χ0v) is 17.8. The van der Waals surface area contributed by atoms with Crippen molar-refractivity contribution in [3.63, 3.8) is 0 Å². The molecule has 2 aromatic carbocycles. The molecular weight excluding hydrogens is 440 g/mol. The summed E-state index contributed by atoms with van der Waals surface area (Å²) in [6.07, 6.45) is -4.10. The van der Waals surface area contributed by atoms with Gasteiger partial charge in [0.1, 0.15) is 24.2 Å². The van der Waals surface area contributed by atoms with Gasteiger partial charge in [-0.3, -0.25) is 0 Å². The van der Waals surface area contributed by atoms with Gasteiger partial charge >= 0.3 is 6.18 Å². The van der Waals surface area contributed by atoms with Crippen molar-refractivity contribution >= 4 is 10.0 Å². The van der Waals surface area contributed by atoms with E-state index < -0.39 is 22.2 Å². The molecule has 11 heteroatoms. The molecule has 0 saturated heterocycles. The third-order valence-corrected chi connectivity index (χ3v) is 4.86. The highest BCUT2D eigenvalue weighted by atomic mass is 32.2. The molecule has 0 spiro atoms. The Balaban J connectivity index is 1.98. The third-order valence-electron chi connectivity index (χ3n) is 4.20. The van der Waals surface area contributed by atoms with Gasteiger partial charge in [0, 0.05) is 13.7 Å². The molecule has 1 unspecified atom stereocenters. The highest BCUT2D eigenvalue weighted by molar-refractivity contribution is 7.88. The second kappa shape index (κ2) is 10.9. The van der Waals surface area contributed by atoms with Gasteiger partial charge in [0.15, 0.2) is 0 Å². The molecule has 31 heavy (non-hydrogen) atoms. The van der Waals surface area contributed by atoms with Crippen LogP contribution in [0.4, 0.5) is 17.6 Å². The van der Waals surface area contributed by atoms with Crippen LogP contribution in [0.25, 0.3) is 0 Å². The van der Waals surface area contributed by atoms with Crippen molar-refractivity contribution < 1.29 is 35.5 Å². The number of hydrogen-bond donors (Lipinski definition) is 2. The molecule has 0 heterocycles. The fourth-order valence-electron chi connectivity index (χ4n) is 2.72. The summed E-state index contributed by atoms with van der Waals surface area (Å²) >= 11 is 0. The average molecular weight is 464 g/mol. The van der Waals surface area contributed by atoms with Crippen LogP contribution >= 0.6 is 0 Å². The SMILES string of the molecule is COCC(COc1ccc(F)cc1)NCc1ccc([C@H](NS(C)(=O)=O)C(F)(F)F)cc1. The molecule has 0 amide bonds. The predicted octanol–water partition coefficient (Wildman–Crippen LogP) is 3.16. The number of alkyl halides is 3. The minimum Gasteiger partial charge on any atom is -0.492 e. The lowest BCUT2D eigenvalue weighted by Gasteiger charge is -2.22. The molecule has 0 bridgehead atoms. The zero-order chi connectivity index (χ0) is 23.1. The van der Waals surface area contributed by atoms with E-state index in [4.69, 9.17) is 9.47 Å². The topological polar surface area (TPSA) is 76.7 Å². The van der Waals surface area contributed by atoms with E-state index >= 15 is 0 Å². The van der Waals surface area contributed by atoms with Crippen LogP contribution in [0, 0.1) is 5.82 Å². The van der Waals surface area contributed by atoms with Gasteiger partial charge in [0.05, 0.1) is 18.9 Å². The number of halogens is 4. The van der Waals surface area contributed by atoms with Crippen LogP contribution in [0.15, 0.2) is 48.5 Å². The summed E-state index contributed by atoms with van der Waals surface area (Å²) in [6, 6.07) is 8.43. The molecule has 0 aromatic heterocycles. The molecule has 2 N–H and O–H groups in total. The summed E-state index contributed by atoms with van der Waals surface area (Å²) < 4.78 is 87.6. The Kier molecular flexibility index (Phi) is 8.80. The van der Waals surface area contributed by atoms with E-state index in [9.17, 15) is 26.0 Å². The van der Waals surface area contributed by atoms with E-state index in [0.29, 0.717) is 30.7 Å². The number of nitrogens with one attached hydrogen (secondary N) is 2. The Hall–Kier alpha value is -2.21. The van der Waals surface area contributed by atoms with E-state index in [1.54, 1.807) is 4.72 Å². The van der Waals surface area contributed by atoms with Gasteiger partial charge in [-0.05, 0) is 35.4 Å². The van der Waals surface area contributed by atoms with Crippen molar-refractivity contribution in [3.05, 3.63) is 65.5 Å². The molecule has 172 valence electrons.